The van der Waals surface area contributed by atoms with Crippen molar-refractivity contribution in [3.63, 3.8) is 0 Å². The van der Waals surface area contributed by atoms with Gasteiger partial charge in [-0.15, -0.1) is 0 Å². The third kappa shape index (κ3) is 1.98. The Morgan fingerprint density at radius 3 is 2.72 bits per heavy atom. The van der Waals surface area contributed by atoms with Gasteiger partial charge in [-0.1, -0.05) is 13.8 Å². The minimum atomic E-state index is -0.909. The molecule has 0 amide bonds. The van der Waals surface area contributed by atoms with Crippen LogP contribution < -0.4 is 0 Å². The minimum Gasteiger partial charge on any atom is -0.478 e. The number of aromatic carboxylic acids is 1. The average molecular weight is 246 g/mol. The van der Waals surface area contributed by atoms with Crippen molar-refractivity contribution in [2.45, 2.75) is 39.7 Å². The number of carboxylic acids is 1. The van der Waals surface area contributed by atoms with Gasteiger partial charge in [-0.3, -0.25) is 0 Å². The summed E-state index contributed by atoms with van der Waals surface area (Å²) in [5.41, 5.74) is 2.07. The van der Waals surface area contributed by atoms with E-state index in [-0.39, 0.29) is 0 Å². The van der Waals surface area contributed by atoms with Crippen molar-refractivity contribution < 1.29 is 9.90 Å². The Bertz CT molecular complexity index is 587. The van der Waals surface area contributed by atoms with Crippen LogP contribution in [0.4, 0.5) is 0 Å². The molecule has 96 valence electrons. The van der Waals surface area contributed by atoms with Gasteiger partial charge in [-0.2, -0.15) is 0 Å². The van der Waals surface area contributed by atoms with Crippen molar-refractivity contribution in [1.29, 1.82) is 0 Å². The van der Waals surface area contributed by atoms with Gasteiger partial charge in [-0.25, -0.2) is 9.78 Å². The molecule has 1 unspecified atom stereocenters. The largest absolute Gasteiger partial charge is 0.478 e. The van der Waals surface area contributed by atoms with Gasteiger partial charge in [0, 0.05) is 12.5 Å². The number of imidazole rings is 1. The van der Waals surface area contributed by atoms with Crippen molar-refractivity contribution >= 4 is 17.0 Å². The van der Waals surface area contributed by atoms with E-state index in [0.29, 0.717) is 11.5 Å². The summed E-state index contributed by atoms with van der Waals surface area (Å²) in [5, 5.41) is 9.00. The number of hydrogen-bond acceptors (Lipinski definition) is 2. The molecule has 2 aromatic rings. The number of carboxylic acid groups (broad SMARTS) is 1. The van der Waals surface area contributed by atoms with Gasteiger partial charge in [0.05, 0.1) is 16.6 Å². The van der Waals surface area contributed by atoms with Crippen molar-refractivity contribution in [1.82, 2.24) is 9.55 Å². The van der Waals surface area contributed by atoms with Gasteiger partial charge >= 0.3 is 5.97 Å². The summed E-state index contributed by atoms with van der Waals surface area (Å²) in [4.78, 5) is 15.6. The molecular weight excluding hydrogens is 228 g/mol. The quantitative estimate of drug-likeness (QED) is 0.900. The topological polar surface area (TPSA) is 55.1 Å². The molecule has 1 aromatic carbocycles. The van der Waals surface area contributed by atoms with Crippen LogP contribution in [0.15, 0.2) is 18.2 Å². The zero-order valence-corrected chi connectivity index (χ0v) is 11.0. The van der Waals surface area contributed by atoms with Crippen LogP contribution in [0, 0.1) is 0 Å². The Hall–Kier alpha value is -1.84. The van der Waals surface area contributed by atoms with E-state index >= 15 is 0 Å². The second kappa shape index (κ2) is 4.80. The van der Waals surface area contributed by atoms with Crippen LogP contribution in [0.3, 0.4) is 0 Å². The maximum absolute atomic E-state index is 11.0. The SMILES string of the molecule is CCC(C)c1nc2cc(C(=O)O)ccc2n1CC. The molecule has 0 aliphatic carbocycles. The van der Waals surface area contributed by atoms with E-state index in [4.69, 9.17) is 5.11 Å². The summed E-state index contributed by atoms with van der Waals surface area (Å²) in [7, 11) is 0. The predicted octanol–water partition coefficient (Wildman–Crippen LogP) is 3.27. The molecule has 0 saturated carbocycles. The first-order valence-electron chi connectivity index (χ1n) is 6.31. The molecular formula is C14H18N2O2. The summed E-state index contributed by atoms with van der Waals surface area (Å²) in [5.74, 6) is 0.510. The van der Waals surface area contributed by atoms with E-state index in [1.54, 1.807) is 12.1 Å². The van der Waals surface area contributed by atoms with Gasteiger partial charge in [0.1, 0.15) is 5.82 Å². The third-order valence-electron chi connectivity index (χ3n) is 3.39. The lowest BCUT2D eigenvalue weighted by atomic mass is 10.1. The van der Waals surface area contributed by atoms with E-state index < -0.39 is 5.97 Å². The van der Waals surface area contributed by atoms with Crippen LogP contribution in [0.5, 0.6) is 0 Å². The molecule has 0 saturated heterocycles. The molecule has 1 aromatic heterocycles. The fourth-order valence-corrected chi connectivity index (χ4v) is 2.17. The van der Waals surface area contributed by atoms with E-state index in [0.717, 1.165) is 29.8 Å². The monoisotopic (exact) mass is 246 g/mol. The molecule has 0 fully saturated rings. The van der Waals surface area contributed by atoms with Gasteiger partial charge in [-0.05, 0) is 31.5 Å². The van der Waals surface area contributed by atoms with Crippen molar-refractivity contribution in [2.75, 3.05) is 0 Å². The number of hydrogen-bond donors (Lipinski definition) is 1. The summed E-state index contributed by atoms with van der Waals surface area (Å²) in [6, 6.07) is 5.13. The van der Waals surface area contributed by atoms with Crippen molar-refractivity contribution in [2.24, 2.45) is 0 Å². The fraction of sp³-hybridized carbons (Fsp3) is 0.429. The average Bonchev–Trinajstić information content (AvgIpc) is 2.74. The highest BCUT2D eigenvalue weighted by Crippen LogP contribution is 2.24. The smallest absolute Gasteiger partial charge is 0.335 e. The first-order valence-corrected chi connectivity index (χ1v) is 6.31. The van der Waals surface area contributed by atoms with Gasteiger partial charge < -0.3 is 9.67 Å². The van der Waals surface area contributed by atoms with Crippen LogP contribution in [0.25, 0.3) is 11.0 Å². The number of rotatable bonds is 4. The van der Waals surface area contributed by atoms with Crippen molar-refractivity contribution in [3.05, 3.63) is 29.6 Å². The summed E-state index contributed by atoms with van der Waals surface area (Å²) in [6.45, 7) is 7.21. The first-order chi connectivity index (χ1) is 8.58. The minimum absolute atomic E-state index is 0.291. The summed E-state index contributed by atoms with van der Waals surface area (Å²) in [6.07, 6.45) is 1.02. The van der Waals surface area contributed by atoms with Crippen LogP contribution in [-0.2, 0) is 6.54 Å². The highest BCUT2D eigenvalue weighted by molar-refractivity contribution is 5.92. The highest BCUT2D eigenvalue weighted by Gasteiger charge is 2.15. The second-order valence-corrected chi connectivity index (χ2v) is 4.53. The summed E-state index contributed by atoms with van der Waals surface area (Å²) < 4.78 is 2.16. The van der Waals surface area contributed by atoms with E-state index in [1.807, 2.05) is 6.07 Å². The Labute approximate surface area is 106 Å². The molecule has 0 bridgehead atoms. The summed E-state index contributed by atoms with van der Waals surface area (Å²) >= 11 is 0. The maximum Gasteiger partial charge on any atom is 0.335 e. The van der Waals surface area contributed by atoms with E-state index in [9.17, 15) is 4.79 Å². The zero-order valence-electron chi connectivity index (χ0n) is 11.0. The van der Waals surface area contributed by atoms with Crippen LogP contribution >= 0.6 is 0 Å². The first kappa shape index (κ1) is 12.6. The zero-order chi connectivity index (χ0) is 13.3. The number of benzene rings is 1. The molecule has 2 rings (SSSR count). The standard InChI is InChI=1S/C14H18N2O2/c1-4-9(3)13-15-11-8-10(14(17)18)6-7-12(11)16(13)5-2/h6-9H,4-5H2,1-3H3,(H,17,18). The van der Waals surface area contributed by atoms with Crippen LogP contribution in [0.1, 0.15) is 49.3 Å². The van der Waals surface area contributed by atoms with Crippen molar-refractivity contribution in [3.8, 4) is 0 Å². The third-order valence-corrected chi connectivity index (χ3v) is 3.39. The number of aryl methyl sites for hydroxylation is 1. The Morgan fingerprint density at radius 1 is 1.44 bits per heavy atom. The number of carbonyl (C=O) groups is 1. The fourth-order valence-electron chi connectivity index (χ4n) is 2.17. The molecule has 4 heteroatoms. The molecule has 0 aliphatic rings. The van der Waals surface area contributed by atoms with E-state index in [1.165, 1.54) is 0 Å². The van der Waals surface area contributed by atoms with E-state index in [2.05, 4.69) is 30.3 Å². The number of aromatic nitrogens is 2. The molecule has 4 nitrogen and oxygen atoms in total. The second-order valence-electron chi connectivity index (χ2n) is 4.53. The lowest BCUT2D eigenvalue weighted by molar-refractivity contribution is 0.0697. The maximum atomic E-state index is 11.0. The van der Waals surface area contributed by atoms with Gasteiger partial charge in [0.15, 0.2) is 0 Å². The van der Waals surface area contributed by atoms with Gasteiger partial charge in [0.2, 0.25) is 0 Å². The van der Waals surface area contributed by atoms with Crippen LogP contribution in [0.2, 0.25) is 0 Å². The Balaban J connectivity index is 2.64. The van der Waals surface area contributed by atoms with Crippen LogP contribution in [-0.4, -0.2) is 20.6 Å². The van der Waals surface area contributed by atoms with Gasteiger partial charge in [0.25, 0.3) is 0 Å². The molecule has 0 aliphatic heterocycles. The highest BCUT2D eigenvalue weighted by atomic mass is 16.4. The molecule has 0 radical (unpaired) electrons. The predicted molar refractivity (Wildman–Crippen MR) is 71.1 cm³/mol. The molecule has 1 atom stereocenters. The number of fused-ring (bicyclic) bond motifs is 1. The molecule has 0 spiro atoms. The lowest BCUT2D eigenvalue weighted by Crippen LogP contribution is -2.05. The Kier molecular flexibility index (Phi) is 3.36. The molecule has 1 heterocycles. The Morgan fingerprint density at radius 2 is 2.17 bits per heavy atom. The molecule has 18 heavy (non-hydrogen) atoms. The lowest BCUT2D eigenvalue weighted by Gasteiger charge is -2.10. The molecule has 1 N–H and O–H groups in total. The normalized spacial score (nSPS) is 12.8. The number of nitrogens with zero attached hydrogens (tertiary/aromatic N) is 2.